The summed E-state index contributed by atoms with van der Waals surface area (Å²) in [6.07, 6.45) is 0. The van der Waals surface area contributed by atoms with Crippen molar-refractivity contribution in [2.45, 2.75) is 20.4 Å². The zero-order valence-corrected chi connectivity index (χ0v) is 13.0. The number of hydrogen-bond acceptors (Lipinski definition) is 2. The van der Waals surface area contributed by atoms with Gasteiger partial charge in [-0.05, 0) is 17.5 Å². The SMILES string of the molecule is CC(C)C(C(=O)N(C)Cc1ccccc1Cl)C(N)=S. The molecule has 0 saturated carbocycles. The maximum absolute atomic E-state index is 12.4. The highest BCUT2D eigenvalue weighted by molar-refractivity contribution is 7.80. The molecule has 1 amide bonds. The molecule has 5 heteroatoms. The van der Waals surface area contributed by atoms with Crippen LogP contribution in [0.4, 0.5) is 0 Å². The van der Waals surface area contributed by atoms with Gasteiger partial charge < -0.3 is 10.6 Å². The summed E-state index contributed by atoms with van der Waals surface area (Å²) in [6, 6.07) is 7.46. The second-order valence-corrected chi connectivity index (χ2v) is 5.79. The van der Waals surface area contributed by atoms with Crippen LogP contribution in [0.3, 0.4) is 0 Å². The number of carbonyl (C=O) groups is 1. The van der Waals surface area contributed by atoms with Crippen molar-refractivity contribution < 1.29 is 4.79 Å². The van der Waals surface area contributed by atoms with Gasteiger partial charge >= 0.3 is 0 Å². The summed E-state index contributed by atoms with van der Waals surface area (Å²) in [5.74, 6) is -0.413. The van der Waals surface area contributed by atoms with Crippen molar-refractivity contribution in [1.82, 2.24) is 4.90 Å². The van der Waals surface area contributed by atoms with Crippen LogP contribution in [0, 0.1) is 11.8 Å². The van der Waals surface area contributed by atoms with E-state index >= 15 is 0 Å². The van der Waals surface area contributed by atoms with Crippen LogP contribution in [0.2, 0.25) is 5.02 Å². The van der Waals surface area contributed by atoms with E-state index in [4.69, 9.17) is 29.6 Å². The smallest absolute Gasteiger partial charge is 0.232 e. The third-order valence-electron chi connectivity index (χ3n) is 2.98. The van der Waals surface area contributed by atoms with E-state index in [1.807, 2.05) is 38.1 Å². The second-order valence-electron chi connectivity index (χ2n) is 4.91. The van der Waals surface area contributed by atoms with E-state index in [1.54, 1.807) is 11.9 Å². The van der Waals surface area contributed by atoms with Gasteiger partial charge in [0.2, 0.25) is 5.91 Å². The Morgan fingerprint density at radius 2 is 2.00 bits per heavy atom. The average molecular weight is 299 g/mol. The second kappa shape index (κ2) is 6.87. The highest BCUT2D eigenvalue weighted by Crippen LogP contribution is 2.19. The van der Waals surface area contributed by atoms with Gasteiger partial charge in [0.05, 0.1) is 10.9 Å². The van der Waals surface area contributed by atoms with Gasteiger partial charge in [0.15, 0.2) is 0 Å². The Kier molecular flexibility index (Phi) is 5.76. The zero-order valence-electron chi connectivity index (χ0n) is 11.4. The van der Waals surface area contributed by atoms with Gasteiger partial charge in [0.1, 0.15) is 0 Å². The molecular formula is C14H19ClN2OS. The molecule has 0 saturated heterocycles. The summed E-state index contributed by atoms with van der Waals surface area (Å²) < 4.78 is 0. The van der Waals surface area contributed by atoms with Crippen molar-refractivity contribution in [3.63, 3.8) is 0 Å². The first-order valence-corrected chi connectivity index (χ1v) is 6.91. The van der Waals surface area contributed by atoms with Crippen LogP contribution >= 0.6 is 23.8 Å². The first-order valence-electron chi connectivity index (χ1n) is 6.12. The van der Waals surface area contributed by atoms with Crippen molar-refractivity contribution in [3.05, 3.63) is 34.9 Å². The largest absolute Gasteiger partial charge is 0.393 e. The fourth-order valence-corrected chi connectivity index (χ4v) is 2.50. The first-order chi connectivity index (χ1) is 8.84. The minimum absolute atomic E-state index is 0.0672. The monoisotopic (exact) mass is 298 g/mol. The fourth-order valence-electron chi connectivity index (χ4n) is 1.93. The van der Waals surface area contributed by atoms with E-state index < -0.39 is 5.92 Å². The molecule has 0 spiro atoms. The third-order valence-corrected chi connectivity index (χ3v) is 3.60. The minimum Gasteiger partial charge on any atom is -0.393 e. The lowest BCUT2D eigenvalue weighted by Gasteiger charge is -2.25. The van der Waals surface area contributed by atoms with E-state index in [0.29, 0.717) is 11.6 Å². The quantitative estimate of drug-likeness (QED) is 0.850. The molecule has 2 N–H and O–H groups in total. The van der Waals surface area contributed by atoms with E-state index in [-0.39, 0.29) is 16.8 Å². The molecule has 104 valence electrons. The Labute approximate surface area is 124 Å². The summed E-state index contributed by atoms with van der Waals surface area (Å²) in [5.41, 5.74) is 6.57. The van der Waals surface area contributed by atoms with Crippen molar-refractivity contribution in [2.75, 3.05) is 7.05 Å². The minimum atomic E-state index is -0.428. The molecule has 1 rings (SSSR count). The molecule has 0 aliphatic heterocycles. The van der Waals surface area contributed by atoms with E-state index in [1.165, 1.54) is 0 Å². The number of hydrogen-bond donors (Lipinski definition) is 1. The lowest BCUT2D eigenvalue weighted by atomic mass is 9.94. The molecule has 0 aromatic heterocycles. The number of nitrogens with zero attached hydrogens (tertiary/aromatic N) is 1. The summed E-state index contributed by atoms with van der Waals surface area (Å²) in [6.45, 7) is 4.32. The number of carbonyl (C=O) groups excluding carboxylic acids is 1. The highest BCUT2D eigenvalue weighted by atomic mass is 35.5. The van der Waals surface area contributed by atoms with Gasteiger partial charge in [0, 0.05) is 18.6 Å². The Morgan fingerprint density at radius 1 is 1.42 bits per heavy atom. The molecule has 0 aliphatic carbocycles. The van der Waals surface area contributed by atoms with Crippen molar-refractivity contribution in [3.8, 4) is 0 Å². The molecule has 3 nitrogen and oxygen atoms in total. The number of thiocarbonyl (C=S) groups is 1. The molecule has 1 atom stereocenters. The van der Waals surface area contributed by atoms with Gasteiger partial charge in [-0.1, -0.05) is 55.9 Å². The number of nitrogens with two attached hydrogens (primary N) is 1. The Bertz CT molecular complexity index is 476. The Hall–Kier alpha value is -1.13. The molecule has 1 unspecified atom stereocenters. The van der Waals surface area contributed by atoms with Crippen LogP contribution in [-0.4, -0.2) is 22.8 Å². The molecule has 1 aromatic rings. The van der Waals surface area contributed by atoms with E-state index in [2.05, 4.69) is 0 Å². The maximum Gasteiger partial charge on any atom is 0.232 e. The van der Waals surface area contributed by atoms with Crippen LogP contribution in [0.15, 0.2) is 24.3 Å². The molecule has 0 fully saturated rings. The van der Waals surface area contributed by atoms with Gasteiger partial charge in [-0.25, -0.2) is 0 Å². The number of rotatable bonds is 5. The van der Waals surface area contributed by atoms with Gasteiger partial charge in [-0.2, -0.15) is 0 Å². The molecule has 0 radical (unpaired) electrons. The first kappa shape index (κ1) is 15.9. The van der Waals surface area contributed by atoms with Crippen molar-refractivity contribution >= 4 is 34.7 Å². The lowest BCUT2D eigenvalue weighted by molar-refractivity contribution is -0.133. The topological polar surface area (TPSA) is 46.3 Å². The van der Waals surface area contributed by atoms with Crippen molar-refractivity contribution in [2.24, 2.45) is 17.6 Å². The van der Waals surface area contributed by atoms with Crippen LogP contribution < -0.4 is 5.73 Å². The predicted molar refractivity (Wildman–Crippen MR) is 83.0 cm³/mol. The van der Waals surface area contributed by atoms with Crippen LogP contribution in [-0.2, 0) is 11.3 Å². The number of halogens is 1. The van der Waals surface area contributed by atoms with Crippen LogP contribution in [0.5, 0.6) is 0 Å². The average Bonchev–Trinajstić information content (AvgIpc) is 2.31. The Balaban J connectivity index is 2.83. The maximum atomic E-state index is 12.4. The van der Waals surface area contributed by atoms with Gasteiger partial charge in [-0.3, -0.25) is 4.79 Å². The molecule has 19 heavy (non-hydrogen) atoms. The lowest BCUT2D eigenvalue weighted by Crippen LogP contribution is -2.41. The number of amides is 1. The molecule has 0 bridgehead atoms. The summed E-state index contributed by atoms with van der Waals surface area (Å²) >= 11 is 11.1. The summed E-state index contributed by atoms with van der Waals surface area (Å²) in [4.78, 5) is 14.2. The summed E-state index contributed by atoms with van der Waals surface area (Å²) in [5, 5.41) is 0.651. The van der Waals surface area contributed by atoms with Gasteiger partial charge in [-0.15, -0.1) is 0 Å². The molecular weight excluding hydrogens is 280 g/mol. The zero-order chi connectivity index (χ0) is 14.6. The standard InChI is InChI=1S/C14H19ClN2OS/c1-9(2)12(13(16)19)14(18)17(3)8-10-6-4-5-7-11(10)15/h4-7,9,12H,8H2,1-3H3,(H2,16,19). The number of benzene rings is 1. The van der Waals surface area contributed by atoms with E-state index in [0.717, 1.165) is 5.56 Å². The van der Waals surface area contributed by atoms with E-state index in [9.17, 15) is 4.79 Å². The highest BCUT2D eigenvalue weighted by Gasteiger charge is 2.27. The third kappa shape index (κ3) is 4.18. The predicted octanol–water partition coefficient (Wildman–Crippen LogP) is 2.86. The van der Waals surface area contributed by atoms with Crippen LogP contribution in [0.1, 0.15) is 19.4 Å². The van der Waals surface area contributed by atoms with Crippen LogP contribution in [0.25, 0.3) is 0 Å². The van der Waals surface area contributed by atoms with Crippen molar-refractivity contribution in [1.29, 1.82) is 0 Å². The molecule has 0 heterocycles. The summed E-state index contributed by atoms with van der Waals surface area (Å²) in [7, 11) is 1.74. The normalized spacial score (nSPS) is 12.3. The van der Waals surface area contributed by atoms with Gasteiger partial charge in [0.25, 0.3) is 0 Å². The fraction of sp³-hybridized carbons (Fsp3) is 0.429. The molecule has 0 aliphatic rings. The Morgan fingerprint density at radius 3 is 2.47 bits per heavy atom. The molecule has 1 aromatic carbocycles.